The Morgan fingerprint density at radius 3 is 2.88 bits per heavy atom. The summed E-state index contributed by atoms with van der Waals surface area (Å²) in [6, 6.07) is 5.12. The molecular weight excluding hydrogens is 222 g/mol. The number of aryl methyl sites for hydroxylation is 1. The van der Waals surface area contributed by atoms with Crippen molar-refractivity contribution in [1.29, 1.82) is 0 Å². The van der Waals surface area contributed by atoms with Gasteiger partial charge in [0, 0.05) is 10.9 Å². The predicted molar refractivity (Wildman–Crippen MR) is 62.4 cm³/mol. The second-order valence-electron chi connectivity index (χ2n) is 3.56. The largest absolute Gasteiger partial charge is 0.515 e. The first-order valence-electron chi connectivity index (χ1n) is 5.28. The van der Waals surface area contributed by atoms with Crippen LogP contribution in [-0.2, 0) is 4.74 Å². The fourth-order valence-corrected chi connectivity index (χ4v) is 1.65. The lowest BCUT2D eigenvalue weighted by atomic mass is 10.2. The molecular formula is C12H13NO4. The average Bonchev–Trinajstić information content (AvgIpc) is 2.59. The van der Waals surface area contributed by atoms with Crippen LogP contribution in [0.5, 0.6) is 11.6 Å². The molecule has 0 fully saturated rings. The van der Waals surface area contributed by atoms with Crippen LogP contribution in [0.2, 0.25) is 0 Å². The van der Waals surface area contributed by atoms with Gasteiger partial charge in [0.15, 0.2) is 0 Å². The van der Waals surface area contributed by atoms with E-state index in [4.69, 9.17) is 4.74 Å². The third kappa shape index (κ3) is 2.04. The molecule has 0 amide bonds. The minimum atomic E-state index is -0.762. The van der Waals surface area contributed by atoms with Crippen LogP contribution in [0.1, 0.15) is 12.5 Å². The van der Waals surface area contributed by atoms with Gasteiger partial charge in [-0.25, -0.2) is 4.79 Å². The van der Waals surface area contributed by atoms with Crippen LogP contribution in [0.15, 0.2) is 18.2 Å². The van der Waals surface area contributed by atoms with E-state index in [1.165, 1.54) is 0 Å². The summed E-state index contributed by atoms with van der Waals surface area (Å²) >= 11 is 0. The number of rotatable bonds is 2. The molecule has 0 aliphatic rings. The van der Waals surface area contributed by atoms with Crippen molar-refractivity contribution >= 4 is 17.1 Å². The van der Waals surface area contributed by atoms with Gasteiger partial charge in [0.25, 0.3) is 0 Å². The average molecular weight is 235 g/mol. The zero-order valence-corrected chi connectivity index (χ0v) is 9.61. The van der Waals surface area contributed by atoms with Crippen LogP contribution in [0.25, 0.3) is 10.9 Å². The summed E-state index contributed by atoms with van der Waals surface area (Å²) in [5.41, 5.74) is 1.30. The molecule has 0 unspecified atom stereocenters. The molecule has 2 rings (SSSR count). The van der Waals surface area contributed by atoms with Crippen molar-refractivity contribution in [3.8, 4) is 11.6 Å². The van der Waals surface area contributed by atoms with Crippen LogP contribution in [-0.4, -0.2) is 22.9 Å². The van der Waals surface area contributed by atoms with Crippen molar-refractivity contribution in [2.45, 2.75) is 13.8 Å². The number of phenolic OH excluding ortho intramolecular Hbond substituents is 1. The van der Waals surface area contributed by atoms with E-state index >= 15 is 0 Å². The van der Waals surface area contributed by atoms with Crippen LogP contribution in [0, 0.1) is 6.92 Å². The molecule has 0 aliphatic carbocycles. The van der Waals surface area contributed by atoms with E-state index in [9.17, 15) is 9.90 Å². The molecule has 0 saturated carbocycles. The smallest absolute Gasteiger partial charge is 0.506 e. The third-order valence-electron chi connectivity index (χ3n) is 2.47. The lowest BCUT2D eigenvalue weighted by Crippen LogP contribution is -2.10. The quantitative estimate of drug-likeness (QED) is 0.785. The Balaban J connectivity index is 2.39. The molecule has 1 aromatic heterocycles. The Labute approximate surface area is 98.0 Å². The molecule has 5 heteroatoms. The molecule has 5 nitrogen and oxygen atoms in total. The van der Waals surface area contributed by atoms with Crippen molar-refractivity contribution in [2.75, 3.05) is 6.61 Å². The molecule has 0 aliphatic heterocycles. The number of ether oxygens (including phenoxy) is 2. The Morgan fingerprint density at radius 2 is 2.24 bits per heavy atom. The lowest BCUT2D eigenvalue weighted by molar-refractivity contribution is 0.103. The predicted octanol–water partition coefficient (Wildman–Crippen LogP) is 2.72. The molecule has 1 heterocycles. The maximum absolute atomic E-state index is 11.2. The van der Waals surface area contributed by atoms with Gasteiger partial charge in [-0.1, -0.05) is 12.1 Å². The van der Waals surface area contributed by atoms with E-state index in [0.29, 0.717) is 11.4 Å². The number of aromatic nitrogens is 1. The van der Waals surface area contributed by atoms with E-state index in [1.807, 2.05) is 6.07 Å². The third-order valence-corrected chi connectivity index (χ3v) is 2.47. The molecule has 17 heavy (non-hydrogen) atoms. The molecule has 2 N–H and O–H groups in total. The molecule has 0 atom stereocenters. The number of carbonyl (C=O) groups excluding carboxylic acids is 1. The topological polar surface area (TPSA) is 71.5 Å². The highest BCUT2D eigenvalue weighted by molar-refractivity contribution is 5.90. The molecule has 90 valence electrons. The Morgan fingerprint density at radius 1 is 1.47 bits per heavy atom. The zero-order chi connectivity index (χ0) is 12.4. The molecule has 0 bridgehead atoms. The zero-order valence-electron chi connectivity index (χ0n) is 9.61. The van der Waals surface area contributed by atoms with Crippen LogP contribution >= 0.6 is 0 Å². The summed E-state index contributed by atoms with van der Waals surface area (Å²) in [5, 5.41) is 10.5. The number of aromatic amines is 1. The van der Waals surface area contributed by atoms with E-state index in [0.717, 1.165) is 10.9 Å². The van der Waals surface area contributed by atoms with Gasteiger partial charge in [0.05, 0.1) is 12.1 Å². The first-order chi connectivity index (χ1) is 8.13. The molecule has 0 spiro atoms. The monoisotopic (exact) mass is 235 g/mol. The van der Waals surface area contributed by atoms with Gasteiger partial charge in [-0.2, -0.15) is 0 Å². The van der Waals surface area contributed by atoms with Crippen LogP contribution in [0.4, 0.5) is 4.79 Å². The minimum Gasteiger partial charge on any atom is -0.506 e. The number of nitrogens with one attached hydrogen (secondary N) is 1. The van der Waals surface area contributed by atoms with Gasteiger partial charge in [0.1, 0.15) is 5.75 Å². The van der Waals surface area contributed by atoms with Crippen LogP contribution < -0.4 is 4.74 Å². The summed E-state index contributed by atoms with van der Waals surface area (Å²) < 4.78 is 9.68. The highest BCUT2D eigenvalue weighted by Crippen LogP contribution is 2.32. The summed E-state index contributed by atoms with van der Waals surface area (Å²) in [4.78, 5) is 14.0. The number of benzene rings is 1. The number of para-hydroxylation sites is 1. The first kappa shape index (κ1) is 11.3. The van der Waals surface area contributed by atoms with Crippen molar-refractivity contribution in [3.05, 3.63) is 23.8 Å². The number of H-pyrrole nitrogens is 1. The molecule has 0 radical (unpaired) electrons. The van der Waals surface area contributed by atoms with Gasteiger partial charge in [0.2, 0.25) is 5.88 Å². The second-order valence-corrected chi connectivity index (χ2v) is 3.56. The Kier molecular flexibility index (Phi) is 2.91. The number of fused-ring (bicyclic) bond motifs is 1. The summed E-state index contributed by atoms with van der Waals surface area (Å²) in [6.45, 7) is 3.75. The van der Waals surface area contributed by atoms with E-state index in [1.54, 1.807) is 26.0 Å². The van der Waals surface area contributed by atoms with Gasteiger partial charge in [-0.15, -0.1) is 0 Å². The first-order valence-corrected chi connectivity index (χ1v) is 5.28. The normalized spacial score (nSPS) is 10.5. The summed E-state index contributed by atoms with van der Waals surface area (Å²) in [5.74, 6) is 0.407. The van der Waals surface area contributed by atoms with Crippen molar-refractivity contribution < 1.29 is 19.4 Å². The molecule has 0 saturated heterocycles. The fraction of sp³-hybridized carbons (Fsp3) is 0.250. The highest BCUT2D eigenvalue weighted by atomic mass is 16.7. The van der Waals surface area contributed by atoms with Gasteiger partial charge >= 0.3 is 6.16 Å². The SMILES string of the molecule is CCOC(=O)Oc1[nH]c2c(O)cccc2c1C. The summed E-state index contributed by atoms with van der Waals surface area (Å²) in [7, 11) is 0. The summed E-state index contributed by atoms with van der Waals surface area (Å²) in [6.07, 6.45) is -0.762. The fourth-order valence-electron chi connectivity index (χ4n) is 1.65. The maximum atomic E-state index is 11.2. The minimum absolute atomic E-state index is 0.115. The van der Waals surface area contributed by atoms with Crippen molar-refractivity contribution in [1.82, 2.24) is 4.98 Å². The Bertz CT molecular complexity index is 559. The van der Waals surface area contributed by atoms with Crippen LogP contribution in [0.3, 0.4) is 0 Å². The van der Waals surface area contributed by atoms with E-state index in [2.05, 4.69) is 9.72 Å². The number of phenols is 1. The standard InChI is InChI=1S/C12H13NO4/c1-3-16-12(15)17-11-7(2)8-5-4-6-9(14)10(8)13-11/h4-6,13-14H,3H2,1-2H3. The number of aromatic hydroxyl groups is 1. The number of hydrogen-bond donors (Lipinski definition) is 2. The second kappa shape index (κ2) is 4.37. The van der Waals surface area contributed by atoms with E-state index in [-0.39, 0.29) is 12.4 Å². The number of hydrogen-bond acceptors (Lipinski definition) is 4. The van der Waals surface area contributed by atoms with Crippen molar-refractivity contribution in [3.63, 3.8) is 0 Å². The van der Waals surface area contributed by atoms with Gasteiger partial charge in [-0.3, -0.25) is 0 Å². The Hall–Kier alpha value is -2.17. The van der Waals surface area contributed by atoms with Crippen molar-refractivity contribution in [2.24, 2.45) is 0 Å². The molecule has 2 aromatic rings. The van der Waals surface area contributed by atoms with Gasteiger partial charge in [-0.05, 0) is 19.9 Å². The number of carbonyl (C=O) groups is 1. The lowest BCUT2D eigenvalue weighted by Gasteiger charge is -2.02. The molecule has 1 aromatic carbocycles. The van der Waals surface area contributed by atoms with E-state index < -0.39 is 6.16 Å². The highest BCUT2D eigenvalue weighted by Gasteiger charge is 2.14. The van der Waals surface area contributed by atoms with Gasteiger partial charge < -0.3 is 19.6 Å². The maximum Gasteiger partial charge on any atom is 0.515 e.